The highest BCUT2D eigenvalue weighted by Gasteiger charge is 2.30. The van der Waals surface area contributed by atoms with E-state index in [1.165, 1.54) is 161 Å². The molecule has 0 spiro atoms. The summed E-state index contributed by atoms with van der Waals surface area (Å²) in [5, 5.41) is 36.1. The summed E-state index contributed by atoms with van der Waals surface area (Å²) in [4.78, 5) is 22.0. The first-order valence-corrected chi connectivity index (χ1v) is 20.6. The second kappa shape index (κ2) is 40.3. The van der Waals surface area contributed by atoms with Crippen LogP contribution >= 0.6 is 0 Å². The van der Waals surface area contributed by atoms with Crippen LogP contribution in [0.3, 0.4) is 0 Å². The topological polar surface area (TPSA) is 124 Å². The van der Waals surface area contributed by atoms with E-state index in [0.29, 0.717) is 12.8 Å². The fourth-order valence-electron chi connectivity index (χ4n) is 5.88. The van der Waals surface area contributed by atoms with Crippen molar-refractivity contribution < 1.29 is 34.8 Å². The van der Waals surface area contributed by atoms with Crippen LogP contribution in [0.5, 0.6) is 0 Å². The maximum atomic E-state index is 11.7. The smallest absolute Gasteiger partial charge is 0.305 e. The zero-order chi connectivity index (χ0) is 35.8. The van der Waals surface area contributed by atoms with Crippen molar-refractivity contribution >= 4 is 11.9 Å². The summed E-state index contributed by atoms with van der Waals surface area (Å²) < 4.78 is 5.08. The number of aliphatic hydroxyl groups is 3. The fraction of sp³-hybridized carbons (Fsp3) is 0.951. The Morgan fingerprint density at radius 2 is 0.667 bits per heavy atom. The molecule has 0 aromatic rings. The second-order valence-electron chi connectivity index (χ2n) is 14.4. The van der Waals surface area contributed by atoms with Crippen LogP contribution in [-0.2, 0) is 14.3 Å². The highest BCUT2D eigenvalue weighted by Crippen LogP contribution is 2.17. The van der Waals surface area contributed by atoms with Crippen LogP contribution in [0.4, 0.5) is 0 Å². The first-order valence-electron chi connectivity index (χ1n) is 20.6. The Labute approximate surface area is 297 Å². The predicted molar refractivity (Wildman–Crippen MR) is 201 cm³/mol. The van der Waals surface area contributed by atoms with Crippen molar-refractivity contribution in [1.29, 1.82) is 0 Å². The molecule has 7 nitrogen and oxygen atoms in total. The van der Waals surface area contributed by atoms with Gasteiger partial charge >= 0.3 is 11.9 Å². The lowest BCUT2D eigenvalue weighted by atomic mass is 9.93. The van der Waals surface area contributed by atoms with Gasteiger partial charge in [-0.15, -0.1) is 0 Å². The zero-order valence-corrected chi connectivity index (χ0v) is 32.0. The number of aliphatic hydroxyl groups excluding tert-OH is 3. The van der Waals surface area contributed by atoms with E-state index in [-0.39, 0.29) is 12.6 Å². The maximum Gasteiger partial charge on any atom is 0.305 e. The van der Waals surface area contributed by atoms with Gasteiger partial charge in [-0.1, -0.05) is 194 Å². The molecule has 0 saturated carbocycles. The van der Waals surface area contributed by atoms with Gasteiger partial charge in [-0.25, -0.2) is 0 Å². The molecule has 0 unspecified atom stereocenters. The summed E-state index contributed by atoms with van der Waals surface area (Å²) in [5.74, 6) is -0.978. The predicted octanol–water partition coefficient (Wildman–Crippen LogP) is 11.1. The number of aliphatic carboxylic acids is 1. The van der Waals surface area contributed by atoms with Gasteiger partial charge in [-0.2, -0.15) is 0 Å². The van der Waals surface area contributed by atoms with E-state index >= 15 is 0 Å². The molecule has 0 aromatic carbocycles. The van der Waals surface area contributed by atoms with Crippen molar-refractivity contribution in [3.63, 3.8) is 0 Å². The Morgan fingerprint density at radius 1 is 0.417 bits per heavy atom. The number of hydrogen-bond donors (Lipinski definition) is 4. The zero-order valence-electron chi connectivity index (χ0n) is 32.0. The molecule has 0 aliphatic rings. The summed E-state index contributed by atoms with van der Waals surface area (Å²) >= 11 is 0. The van der Waals surface area contributed by atoms with Crippen LogP contribution in [0.1, 0.15) is 219 Å². The molecule has 7 heteroatoms. The molecule has 0 radical (unpaired) electrons. The van der Waals surface area contributed by atoms with Gasteiger partial charge in [-0.3, -0.25) is 9.59 Å². The number of carbonyl (C=O) groups is 2. The van der Waals surface area contributed by atoms with Crippen LogP contribution in [0.15, 0.2) is 0 Å². The molecule has 0 saturated heterocycles. The van der Waals surface area contributed by atoms with Crippen LogP contribution < -0.4 is 0 Å². The molecular weight excluding hydrogens is 604 g/mol. The summed E-state index contributed by atoms with van der Waals surface area (Å²) in [5.41, 5.74) is -1.13. The number of carboxylic acid groups (broad SMARTS) is 1. The highest BCUT2D eigenvalue weighted by atomic mass is 16.5. The molecular formula is C41H82O7. The average molecular weight is 687 g/mol. The number of ether oxygens (including phenoxy) is 1. The second-order valence-corrected chi connectivity index (χ2v) is 14.4. The third kappa shape index (κ3) is 37.6. The molecule has 0 aromatic heterocycles. The van der Waals surface area contributed by atoms with Gasteiger partial charge in [-0.05, 0) is 12.8 Å². The molecule has 288 valence electrons. The summed E-state index contributed by atoms with van der Waals surface area (Å²) in [6, 6.07) is 0. The largest absolute Gasteiger partial charge is 0.481 e. The Kier molecular flexibility index (Phi) is 41.0. The van der Waals surface area contributed by atoms with Crippen molar-refractivity contribution in [2.45, 2.75) is 219 Å². The van der Waals surface area contributed by atoms with Gasteiger partial charge in [0.05, 0.1) is 25.2 Å². The molecule has 0 aliphatic carbocycles. The molecule has 0 heterocycles. The minimum atomic E-state index is -1.13. The monoisotopic (exact) mass is 687 g/mol. The number of unbranched alkanes of at least 4 members (excludes halogenated alkanes) is 28. The molecule has 0 aliphatic heterocycles. The van der Waals surface area contributed by atoms with Gasteiger partial charge in [0.25, 0.3) is 0 Å². The average Bonchev–Trinajstić information content (AvgIpc) is 3.09. The lowest BCUT2D eigenvalue weighted by Gasteiger charge is -2.26. The Balaban J connectivity index is 0. The third-order valence-electron chi connectivity index (χ3n) is 9.52. The van der Waals surface area contributed by atoms with Crippen molar-refractivity contribution in [2.24, 2.45) is 5.41 Å². The van der Waals surface area contributed by atoms with E-state index in [0.717, 1.165) is 32.1 Å². The number of esters is 1. The third-order valence-corrected chi connectivity index (χ3v) is 9.52. The van der Waals surface area contributed by atoms with Gasteiger partial charge in [0.2, 0.25) is 0 Å². The fourth-order valence-corrected chi connectivity index (χ4v) is 5.88. The number of hydrogen-bond acceptors (Lipinski definition) is 6. The van der Waals surface area contributed by atoms with Crippen LogP contribution in [-0.4, -0.2) is 58.8 Å². The van der Waals surface area contributed by atoms with Gasteiger partial charge in [0, 0.05) is 12.8 Å². The van der Waals surface area contributed by atoms with Crippen molar-refractivity contribution in [3.8, 4) is 0 Å². The van der Waals surface area contributed by atoms with Crippen molar-refractivity contribution in [2.75, 3.05) is 26.4 Å². The van der Waals surface area contributed by atoms with Crippen LogP contribution in [0.25, 0.3) is 0 Å². The van der Waals surface area contributed by atoms with E-state index in [1.807, 2.05) is 0 Å². The summed E-state index contributed by atoms with van der Waals surface area (Å²) in [6.07, 6.45) is 39.8. The van der Waals surface area contributed by atoms with Gasteiger partial charge < -0.3 is 25.2 Å². The van der Waals surface area contributed by atoms with E-state index in [2.05, 4.69) is 13.8 Å². The SMILES string of the molecule is CCCCCCCCCCCCCCCCCC(=O)O.CCCCCCCCCCCCCCCCCC(=O)OCC(CO)(CO)CO. The summed E-state index contributed by atoms with van der Waals surface area (Å²) in [6.45, 7) is 3.15. The van der Waals surface area contributed by atoms with E-state index < -0.39 is 31.2 Å². The molecule has 0 rings (SSSR count). The molecule has 0 atom stereocenters. The number of carbonyl (C=O) groups excluding carboxylic acids is 1. The quantitative estimate of drug-likeness (QED) is 0.0378. The van der Waals surface area contributed by atoms with E-state index in [4.69, 9.17) is 9.84 Å². The minimum Gasteiger partial charge on any atom is -0.481 e. The molecule has 0 bridgehead atoms. The van der Waals surface area contributed by atoms with E-state index in [9.17, 15) is 24.9 Å². The lowest BCUT2D eigenvalue weighted by molar-refractivity contribution is -0.151. The highest BCUT2D eigenvalue weighted by molar-refractivity contribution is 5.69. The van der Waals surface area contributed by atoms with Gasteiger partial charge in [0.15, 0.2) is 0 Å². The Morgan fingerprint density at radius 3 is 0.917 bits per heavy atom. The normalized spacial score (nSPS) is 11.4. The molecule has 4 N–H and O–H groups in total. The van der Waals surface area contributed by atoms with Crippen LogP contribution in [0.2, 0.25) is 0 Å². The lowest BCUT2D eigenvalue weighted by Crippen LogP contribution is -2.39. The number of rotatable bonds is 37. The van der Waals surface area contributed by atoms with Crippen molar-refractivity contribution in [3.05, 3.63) is 0 Å². The molecule has 0 fully saturated rings. The van der Waals surface area contributed by atoms with Crippen LogP contribution in [0, 0.1) is 5.41 Å². The number of carboxylic acids is 1. The van der Waals surface area contributed by atoms with Crippen molar-refractivity contribution in [1.82, 2.24) is 0 Å². The van der Waals surface area contributed by atoms with Gasteiger partial charge in [0.1, 0.15) is 6.61 Å². The minimum absolute atomic E-state index is 0.145. The first-order chi connectivity index (χ1) is 23.4. The standard InChI is InChI=1S/C23H46O5.C18H36O2/c1-2-3-4-5-6-7-8-9-10-11-12-13-14-15-16-17-22(27)28-21-23(18-24,19-25)20-26;1-2-3-4-5-6-7-8-9-10-11-12-13-14-15-16-17-18(19)20/h24-26H,2-21H2,1H3;2-17H2,1H3,(H,19,20). The Bertz CT molecular complexity index is 642. The molecule has 48 heavy (non-hydrogen) atoms. The molecule has 0 amide bonds. The first kappa shape index (κ1) is 48.9. The summed E-state index contributed by atoms with van der Waals surface area (Å²) in [7, 11) is 0. The maximum absolute atomic E-state index is 11.7. The van der Waals surface area contributed by atoms with E-state index in [1.54, 1.807) is 0 Å². The Hall–Kier alpha value is -1.18.